The number of benzene rings is 1. The molecule has 1 unspecified atom stereocenters. The topological polar surface area (TPSA) is 81.1 Å². The highest BCUT2D eigenvalue weighted by Gasteiger charge is 2.39. The monoisotopic (exact) mass is 485 g/mol. The van der Waals surface area contributed by atoms with Crippen molar-refractivity contribution >= 4 is 28.7 Å². The highest BCUT2D eigenvalue weighted by atomic mass is 19.1. The molecule has 1 amide bonds. The van der Waals surface area contributed by atoms with Crippen molar-refractivity contribution < 1.29 is 23.5 Å². The van der Waals surface area contributed by atoms with Crippen LogP contribution in [0.3, 0.4) is 0 Å². The molecule has 3 aliphatic rings. The summed E-state index contributed by atoms with van der Waals surface area (Å²) >= 11 is 0. The molecule has 9 heteroatoms. The first-order chi connectivity index (χ1) is 16.6. The average Bonchev–Trinajstić information content (AvgIpc) is 3.54. The minimum Gasteiger partial charge on any atom is -0.462 e. The van der Waals surface area contributed by atoms with Gasteiger partial charge in [0.25, 0.3) is 0 Å². The number of anilines is 1. The van der Waals surface area contributed by atoms with Crippen LogP contribution >= 0.6 is 0 Å². The van der Waals surface area contributed by atoms with Crippen LogP contribution in [0.25, 0.3) is 10.9 Å². The number of carbonyl (C=O) groups excluding carboxylic acids is 2. The zero-order valence-electron chi connectivity index (χ0n) is 20.7. The number of halogens is 1. The Morgan fingerprint density at radius 1 is 1.17 bits per heavy atom. The standard InChI is InChI=1S/C26H32FN3O5/c1-5-34-24(32)19-14-30(15-8-9-15)21-17(23(19)31)11-20(27)22-18(21)13-28(25(33)35-26(2,3)4)12-16-7-6-10-29(16)22/h11,14-16H,5-10,12-13H2,1-4H3. The molecule has 1 atom stereocenters. The van der Waals surface area contributed by atoms with Crippen LogP contribution in [0.2, 0.25) is 0 Å². The predicted molar refractivity (Wildman–Crippen MR) is 129 cm³/mol. The highest BCUT2D eigenvalue weighted by molar-refractivity contribution is 5.96. The Labute approximate surface area is 203 Å². The van der Waals surface area contributed by atoms with Gasteiger partial charge in [0.15, 0.2) is 0 Å². The van der Waals surface area contributed by atoms with Crippen molar-refractivity contribution in [1.29, 1.82) is 0 Å². The number of ether oxygens (including phenoxy) is 2. The van der Waals surface area contributed by atoms with E-state index < -0.39 is 28.9 Å². The van der Waals surface area contributed by atoms with Crippen LogP contribution in [0.4, 0.5) is 14.9 Å². The van der Waals surface area contributed by atoms with Gasteiger partial charge in [0.1, 0.15) is 17.0 Å². The minimum atomic E-state index is -0.709. The largest absolute Gasteiger partial charge is 0.462 e. The van der Waals surface area contributed by atoms with Gasteiger partial charge < -0.3 is 23.8 Å². The van der Waals surface area contributed by atoms with Crippen LogP contribution in [0.5, 0.6) is 0 Å². The van der Waals surface area contributed by atoms with Crippen molar-refractivity contribution in [3.8, 4) is 0 Å². The summed E-state index contributed by atoms with van der Waals surface area (Å²) in [6, 6.07) is 1.33. The van der Waals surface area contributed by atoms with Gasteiger partial charge in [-0.15, -0.1) is 0 Å². The third-order valence-electron chi connectivity index (χ3n) is 6.87. The molecule has 0 bridgehead atoms. The molecule has 1 aromatic carbocycles. The third kappa shape index (κ3) is 4.25. The Morgan fingerprint density at radius 3 is 2.57 bits per heavy atom. The van der Waals surface area contributed by atoms with E-state index in [1.54, 1.807) is 18.0 Å². The van der Waals surface area contributed by atoms with Gasteiger partial charge >= 0.3 is 12.1 Å². The number of fused-ring (bicyclic) bond motifs is 5. The molecule has 1 saturated heterocycles. The summed E-state index contributed by atoms with van der Waals surface area (Å²) in [6.07, 6.45) is 4.62. The fourth-order valence-electron chi connectivity index (χ4n) is 5.31. The van der Waals surface area contributed by atoms with E-state index in [-0.39, 0.29) is 36.2 Å². The second kappa shape index (κ2) is 8.53. The number of carbonyl (C=O) groups is 2. The lowest BCUT2D eigenvalue weighted by molar-refractivity contribution is 0.0228. The van der Waals surface area contributed by atoms with Crippen molar-refractivity contribution in [1.82, 2.24) is 9.47 Å². The molecule has 188 valence electrons. The molecular formula is C26H32FN3O5. The number of nitrogens with zero attached hydrogens (tertiary/aromatic N) is 3. The maximum Gasteiger partial charge on any atom is 0.410 e. The maximum absolute atomic E-state index is 15.8. The number of esters is 1. The van der Waals surface area contributed by atoms with E-state index in [2.05, 4.69) is 0 Å². The second-order valence-corrected chi connectivity index (χ2v) is 10.7. The van der Waals surface area contributed by atoms with Crippen molar-refractivity contribution in [2.24, 2.45) is 0 Å². The predicted octanol–water partition coefficient (Wildman–Crippen LogP) is 4.37. The molecule has 2 aliphatic heterocycles. The normalized spacial score (nSPS) is 19.9. The molecule has 1 aromatic heterocycles. The highest BCUT2D eigenvalue weighted by Crippen LogP contribution is 2.43. The lowest BCUT2D eigenvalue weighted by atomic mass is 10.0. The van der Waals surface area contributed by atoms with E-state index in [9.17, 15) is 14.4 Å². The Hall–Kier alpha value is -3.10. The van der Waals surface area contributed by atoms with Crippen LogP contribution in [-0.2, 0) is 16.0 Å². The Morgan fingerprint density at radius 2 is 1.91 bits per heavy atom. The first-order valence-corrected chi connectivity index (χ1v) is 12.4. The minimum absolute atomic E-state index is 0.0318. The van der Waals surface area contributed by atoms with E-state index in [0.717, 1.165) is 25.7 Å². The van der Waals surface area contributed by atoms with Gasteiger partial charge in [-0.05, 0) is 59.4 Å². The van der Waals surface area contributed by atoms with E-state index in [1.165, 1.54) is 6.07 Å². The van der Waals surface area contributed by atoms with Gasteiger partial charge in [-0.2, -0.15) is 0 Å². The Balaban J connectivity index is 1.74. The second-order valence-electron chi connectivity index (χ2n) is 10.7. The van der Waals surface area contributed by atoms with Gasteiger partial charge in [-0.1, -0.05) is 0 Å². The van der Waals surface area contributed by atoms with E-state index in [1.807, 2.05) is 30.2 Å². The van der Waals surface area contributed by atoms with E-state index in [0.29, 0.717) is 29.9 Å². The molecule has 0 spiro atoms. The van der Waals surface area contributed by atoms with Gasteiger partial charge in [0, 0.05) is 42.3 Å². The lowest BCUT2D eigenvalue weighted by Crippen LogP contribution is -2.42. The fraction of sp³-hybridized carbons (Fsp3) is 0.577. The fourth-order valence-corrected chi connectivity index (χ4v) is 5.31. The number of rotatable bonds is 3. The summed E-state index contributed by atoms with van der Waals surface area (Å²) in [7, 11) is 0. The van der Waals surface area contributed by atoms with Gasteiger partial charge in [-0.25, -0.2) is 14.0 Å². The average molecular weight is 486 g/mol. The first kappa shape index (κ1) is 23.6. The van der Waals surface area contributed by atoms with Crippen molar-refractivity contribution in [3.63, 3.8) is 0 Å². The third-order valence-corrected chi connectivity index (χ3v) is 6.87. The first-order valence-electron chi connectivity index (χ1n) is 12.4. The molecule has 5 rings (SSSR count). The molecule has 1 aliphatic carbocycles. The van der Waals surface area contributed by atoms with Crippen LogP contribution in [0.15, 0.2) is 17.1 Å². The molecule has 8 nitrogen and oxygen atoms in total. The molecule has 3 heterocycles. The van der Waals surface area contributed by atoms with Crippen molar-refractivity contribution in [3.05, 3.63) is 39.4 Å². The van der Waals surface area contributed by atoms with Crippen LogP contribution < -0.4 is 10.3 Å². The molecule has 2 aromatic rings. The summed E-state index contributed by atoms with van der Waals surface area (Å²) in [4.78, 5) is 42.8. The zero-order chi connectivity index (χ0) is 25.1. The zero-order valence-corrected chi connectivity index (χ0v) is 20.7. The summed E-state index contributed by atoms with van der Waals surface area (Å²) in [5.41, 5.74) is 0.308. The van der Waals surface area contributed by atoms with Crippen LogP contribution in [0, 0.1) is 5.82 Å². The number of aromatic nitrogens is 1. The Kier molecular flexibility index (Phi) is 5.76. The smallest absolute Gasteiger partial charge is 0.410 e. The lowest BCUT2D eigenvalue weighted by Gasteiger charge is -2.29. The van der Waals surface area contributed by atoms with Gasteiger partial charge in [0.2, 0.25) is 5.43 Å². The van der Waals surface area contributed by atoms with Gasteiger partial charge in [-0.3, -0.25) is 4.79 Å². The van der Waals surface area contributed by atoms with Crippen LogP contribution in [-0.4, -0.2) is 52.9 Å². The molecule has 1 saturated carbocycles. The summed E-state index contributed by atoms with van der Waals surface area (Å²) < 4.78 is 28.5. The summed E-state index contributed by atoms with van der Waals surface area (Å²) in [5.74, 6) is -1.22. The van der Waals surface area contributed by atoms with Crippen LogP contribution in [0.1, 0.15) is 75.3 Å². The number of pyridine rings is 1. The van der Waals surface area contributed by atoms with Crippen molar-refractivity contribution in [2.75, 3.05) is 24.6 Å². The Bertz CT molecular complexity index is 1260. The van der Waals surface area contributed by atoms with E-state index >= 15 is 4.39 Å². The molecule has 0 N–H and O–H groups in total. The quantitative estimate of drug-likeness (QED) is 0.601. The molecule has 35 heavy (non-hydrogen) atoms. The van der Waals surface area contributed by atoms with Gasteiger partial charge in [0.05, 0.1) is 24.4 Å². The SMILES string of the molecule is CCOC(=O)c1cn(C2CC2)c2c3c(c(F)cc2c1=O)N1CCCC1CN(C(=O)OC(C)(C)C)C3. The molecule has 2 fully saturated rings. The van der Waals surface area contributed by atoms with E-state index in [4.69, 9.17) is 9.47 Å². The molecular weight excluding hydrogens is 453 g/mol. The summed E-state index contributed by atoms with van der Waals surface area (Å²) in [6.45, 7) is 8.47. The maximum atomic E-state index is 15.8. The molecule has 0 radical (unpaired) electrons. The number of amides is 1. The summed E-state index contributed by atoms with van der Waals surface area (Å²) in [5, 5.41) is 0.139. The number of hydrogen-bond donors (Lipinski definition) is 0. The number of hydrogen-bond acceptors (Lipinski definition) is 6. The van der Waals surface area contributed by atoms with Crippen molar-refractivity contribution in [2.45, 2.75) is 77.6 Å².